The molecule has 0 aliphatic heterocycles. The summed E-state index contributed by atoms with van der Waals surface area (Å²) in [6.07, 6.45) is 3.90. The van der Waals surface area contributed by atoms with Gasteiger partial charge in [-0.25, -0.2) is 0 Å². The van der Waals surface area contributed by atoms with Crippen LogP contribution in [0.2, 0.25) is 0 Å². The highest BCUT2D eigenvalue weighted by Gasteiger charge is 2.24. The number of thioether (sulfide) groups is 1. The first-order valence-corrected chi connectivity index (χ1v) is 8.05. The molecule has 0 bridgehead atoms. The zero-order valence-corrected chi connectivity index (χ0v) is 12.5. The van der Waals surface area contributed by atoms with Gasteiger partial charge in [0.1, 0.15) is 0 Å². The van der Waals surface area contributed by atoms with Crippen molar-refractivity contribution < 1.29 is 0 Å². The maximum absolute atomic E-state index is 3.66. The molecular weight excluding hydrogens is 256 g/mol. The van der Waals surface area contributed by atoms with E-state index in [-0.39, 0.29) is 0 Å². The summed E-state index contributed by atoms with van der Waals surface area (Å²) in [6.45, 7) is 9.26. The molecule has 1 unspecified atom stereocenters. The highest BCUT2D eigenvalue weighted by Crippen LogP contribution is 2.33. The lowest BCUT2D eigenvalue weighted by Gasteiger charge is -2.29. The Hall–Kier alpha value is 0.830. The first-order valence-electron chi connectivity index (χ1n) is 5.77. The van der Waals surface area contributed by atoms with E-state index < -0.39 is 0 Å². The molecule has 0 amide bonds. The van der Waals surface area contributed by atoms with Crippen LogP contribution in [0, 0.1) is 11.3 Å². The highest BCUT2D eigenvalue weighted by atomic mass is 79.9. The maximum Gasteiger partial charge on any atom is 0.00956 e. The quantitative estimate of drug-likeness (QED) is 0.566. The lowest BCUT2D eigenvalue weighted by molar-refractivity contribution is 0.359. The van der Waals surface area contributed by atoms with E-state index in [2.05, 4.69) is 55.4 Å². The first kappa shape index (κ1) is 14.8. The van der Waals surface area contributed by atoms with Gasteiger partial charge in [-0.1, -0.05) is 50.0 Å². The molecule has 2 heteroatoms. The molecular formula is C12H25BrS. The molecule has 0 N–H and O–H groups in total. The third-order valence-corrected chi connectivity index (χ3v) is 6.10. The molecule has 0 aromatic carbocycles. The second kappa shape index (κ2) is 8.04. The summed E-state index contributed by atoms with van der Waals surface area (Å²) in [5, 5.41) is 1.15. The van der Waals surface area contributed by atoms with Crippen LogP contribution < -0.4 is 0 Å². The van der Waals surface area contributed by atoms with Crippen molar-refractivity contribution in [3.63, 3.8) is 0 Å². The SMILES string of the molecule is CCC(C)CSCC(CC)(CC)CBr. The fraction of sp³-hybridized carbons (Fsp3) is 1.00. The summed E-state index contributed by atoms with van der Waals surface area (Å²) < 4.78 is 0. The number of hydrogen-bond acceptors (Lipinski definition) is 1. The molecule has 0 aliphatic carbocycles. The largest absolute Gasteiger partial charge is 0.161 e. The molecule has 0 aromatic heterocycles. The van der Waals surface area contributed by atoms with E-state index >= 15 is 0 Å². The zero-order valence-electron chi connectivity index (χ0n) is 10.1. The molecule has 0 radical (unpaired) electrons. The Morgan fingerprint density at radius 3 is 2.14 bits per heavy atom. The summed E-state index contributed by atoms with van der Waals surface area (Å²) in [7, 11) is 0. The number of rotatable bonds is 8. The van der Waals surface area contributed by atoms with Gasteiger partial charge in [0, 0.05) is 5.33 Å². The fourth-order valence-corrected chi connectivity index (χ4v) is 4.23. The van der Waals surface area contributed by atoms with E-state index in [0.29, 0.717) is 5.41 Å². The summed E-state index contributed by atoms with van der Waals surface area (Å²) in [4.78, 5) is 0. The van der Waals surface area contributed by atoms with Gasteiger partial charge in [-0.2, -0.15) is 11.8 Å². The minimum absolute atomic E-state index is 0.540. The van der Waals surface area contributed by atoms with Gasteiger partial charge in [0.25, 0.3) is 0 Å². The van der Waals surface area contributed by atoms with Gasteiger partial charge in [0.2, 0.25) is 0 Å². The van der Waals surface area contributed by atoms with Gasteiger partial charge < -0.3 is 0 Å². The zero-order chi connectivity index (χ0) is 11.0. The molecule has 0 saturated heterocycles. The average Bonchev–Trinajstić information content (AvgIpc) is 2.25. The first-order chi connectivity index (χ1) is 6.64. The molecule has 0 aromatic rings. The molecule has 86 valence electrons. The van der Waals surface area contributed by atoms with Crippen molar-refractivity contribution in [2.45, 2.75) is 47.0 Å². The summed E-state index contributed by atoms with van der Waals surface area (Å²) in [5.41, 5.74) is 0.540. The summed E-state index contributed by atoms with van der Waals surface area (Å²) in [6, 6.07) is 0. The Bertz CT molecular complexity index is 124. The van der Waals surface area contributed by atoms with Crippen LogP contribution in [0.4, 0.5) is 0 Å². The predicted octanol–water partition coefficient (Wildman–Crippen LogP) is 4.97. The lowest BCUT2D eigenvalue weighted by Crippen LogP contribution is -2.24. The van der Waals surface area contributed by atoms with Crippen molar-refractivity contribution in [2.75, 3.05) is 16.8 Å². The monoisotopic (exact) mass is 280 g/mol. The van der Waals surface area contributed by atoms with E-state index in [0.717, 1.165) is 11.2 Å². The standard InChI is InChI=1S/C12H25BrS/c1-5-11(4)8-14-10-12(6-2,7-3)9-13/h11H,5-10H2,1-4H3. The molecule has 0 aliphatic rings. The third kappa shape index (κ3) is 5.06. The second-order valence-electron chi connectivity index (χ2n) is 4.37. The highest BCUT2D eigenvalue weighted by molar-refractivity contribution is 9.09. The van der Waals surface area contributed by atoms with Gasteiger partial charge in [-0.05, 0) is 35.7 Å². The van der Waals surface area contributed by atoms with Crippen LogP contribution in [0.3, 0.4) is 0 Å². The molecule has 0 fully saturated rings. The van der Waals surface area contributed by atoms with E-state index in [1.54, 1.807) is 0 Å². The fourth-order valence-electron chi connectivity index (χ4n) is 1.28. The Morgan fingerprint density at radius 1 is 1.21 bits per heavy atom. The summed E-state index contributed by atoms with van der Waals surface area (Å²) in [5.74, 6) is 3.52. The normalized spacial score (nSPS) is 14.4. The Morgan fingerprint density at radius 2 is 1.79 bits per heavy atom. The number of halogens is 1. The molecule has 14 heavy (non-hydrogen) atoms. The van der Waals surface area contributed by atoms with Crippen LogP contribution in [0.25, 0.3) is 0 Å². The Labute approximate surface area is 103 Å². The Balaban J connectivity index is 3.82. The van der Waals surface area contributed by atoms with Crippen molar-refractivity contribution in [1.82, 2.24) is 0 Å². The van der Waals surface area contributed by atoms with Gasteiger partial charge in [0.05, 0.1) is 0 Å². The molecule has 0 spiro atoms. The average molecular weight is 281 g/mol. The van der Waals surface area contributed by atoms with Crippen LogP contribution in [0.5, 0.6) is 0 Å². The van der Waals surface area contributed by atoms with Gasteiger partial charge in [-0.3, -0.25) is 0 Å². The molecule has 0 rings (SSSR count). The molecule has 0 saturated carbocycles. The Kier molecular flexibility index (Phi) is 8.51. The van der Waals surface area contributed by atoms with Crippen LogP contribution in [-0.2, 0) is 0 Å². The molecule has 0 heterocycles. The molecule has 1 atom stereocenters. The van der Waals surface area contributed by atoms with E-state index in [9.17, 15) is 0 Å². The van der Waals surface area contributed by atoms with E-state index in [4.69, 9.17) is 0 Å². The number of alkyl halides is 1. The molecule has 0 nitrogen and oxygen atoms in total. The van der Waals surface area contributed by atoms with E-state index in [1.807, 2.05) is 0 Å². The van der Waals surface area contributed by atoms with Gasteiger partial charge in [-0.15, -0.1) is 0 Å². The minimum atomic E-state index is 0.540. The van der Waals surface area contributed by atoms with Crippen molar-refractivity contribution in [3.8, 4) is 0 Å². The van der Waals surface area contributed by atoms with Crippen molar-refractivity contribution in [3.05, 3.63) is 0 Å². The lowest BCUT2D eigenvalue weighted by atomic mass is 9.87. The van der Waals surface area contributed by atoms with Crippen molar-refractivity contribution in [1.29, 1.82) is 0 Å². The maximum atomic E-state index is 3.66. The predicted molar refractivity (Wildman–Crippen MR) is 73.6 cm³/mol. The minimum Gasteiger partial charge on any atom is -0.161 e. The smallest absolute Gasteiger partial charge is 0.00956 e. The van der Waals surface area contributed by atoms with Gasteiger partial charge in [0.15, 0.2) is 0 Å². The van der Waals surface area contributed by atoms with Crippen molar-refractivity contribution in [2.24, 2.45) is 11.3 Å². The van der Waals surface area contributed by atoms with Gasteiger partial charge >= 0.3 is 0 Å². The third-order valence-electron chi connectivity index (χ3n) is 3.29. The summed E-state index contributed by atoms with van der Waals surface area (Å²) >= 11 is 5.80. The van der Waals surface area contributed by atoms with Crippen LogP contribution in [0.1, 0.15) is 47.0 Å². The van der Waals surface area contributed by atoms with E-state index in [1.165, 1.54) is 30.8 Å². The van der Waals surface area contributed by atoms with Crippen LogP contribution in [0.15, 0.2) is 0 Å². The van der Waals surface area contributed by atoms with Crippen LogP contribution in [-0.4, -0.2) is 16.8 Å². The van der Waals surface area contributed by atoms with Crippen molar-refractivity contribution >= 4 is 27.7 Å². The van der Waals surface area contributed by atoms with Crippen LogP contribution >= 0.6 is 27.7 Å². The topological polar surface area (TPSA) is 0 Å². The second-order valence-corrected chi connectivity index (χ2v) is 5.96. The number of hydrogen-bond donors (Lipinski definition) is 0.